The van der Waals surface area contributed by atoms with Gasteiger partial charge in [0.2, 0.25) is 0 Å². The molecule has 0 spiro atoms. The van der Waals surface area contributed by atoms with Gasteiger partial charge in [0.25, 0.3) is 5.34 Å². The van der Waals surface area contributed by atoms with Gasteiger partial charge < -0.3 is 35.0 Å². The predicted molar refractivity (Wildman–Crippen MR) is 181 cm³/mol. The lowest BCUT2D eigenvalue weighted by Crippen LogP contribution is -2.33. The molecule has 0 radical (unpaired) electrons. The third-order valence-corrected chi connectivity index (χ3v) is 20.6. The molecule has 2 aromatic rings. The molecule has 0 amide bonds. The van der Waals surface area contributed by atoms with Crippen molar-refractivity contribution in [1.29, 1.82) is 0 Å². The highest BCUT2D eigenvalue weighted by Gasteiger charge is 2.48. The Morgan fingerprint density at radius 1 is 1.02 bits per heavy atom. The lowest BCUT2D eigenvalue weighted by molar-refractivity contribution is 0.146. The maximum atomic E-state index is 12.5. The van der Waals surface area contributed by atoms with E-state index in [0.29, 0.717) is 24.3 Å². The second-order valence-electron chi connectivity index (χ2n) is 9.48. The average molecular weight is 681 g/mol. The number of nitrogens with zero attached hydrogens (tertiary/aromatic N) is 2. The molecule has 0 saturated heterocycles. The fourth-order valence-electron chi connectivity index (χ4n) is 3.75. The molecule has 0 saturated carbocycles. The normalized spacial score (nSPS) is 14.8. The van der Waals surface area contributed by atoms with Crippen molar-refractivity contribution < 1.29 is 23.1 Å². The average Bonchev–Trinajstić information content (AvgIpc) is 2.98. The van der Waals surface area contributed by atoms with Crippen LogP contribution in [0.4, 0.5) is 0 Å². The minimum Gasteiger partial charge on any atom is -0.482 e. The van der Waals surface area contributed by atoms with Crippen LogP contribution in [0.3, 0.4) is 0 Å². The summed E-state index contributed by atoms with van der Waals surface area (Å²) < 4.78 is 37.0. The molecule has 16 heteroatoms. The number of hydrogen-bond donors (Lipinski definition) is 3. The van der Waals surface area contributed by atoms with Gasteiger partial charge in [-0.1, -0.05) is 26.0 Å². The van der Waals surface area contributed by atoms with Gasteiger partial charge in [-0.25, -0.2) is 0 Å². The summed E-state index contributed by atoms with van der Waals surface area (Å²) in [6.45, 7) is 6.80. The van der Waals surface area contributed by atoms with Gasteiger partial charge in [-0.2, -0.15) is 0 Å². The topological polar surface area (TPSA) is 148 Å². The highest BCUT2D eigenvalue weighted by atomic mass is 32.5. The van der Waals surface area contributed by atoms with Crippen molar-refractivity contribution >= 4 is 56.1 Å². The largest absolute Gasteiger partial charge is 0.482 e. The third kappa shape index (κ3) is 10.2. The van der Waals surface area contributed by atoms with E-state index in [1.165, 1.54) is 14.2 Å². The number of ether oxygens (including phenoxy) is 2. The number of benzene rings is 2. The summed E-state index contributed by atoms with van der Waals surface area (Å²) in [4.78, 5) is 0. The molecule has 10 nitrogen and oxygen atoms in total. The molecule has 4 unspecified atom stereocenters. The van der Waals surface area contributed by atoms with Gasteiger partial charge in [0, 0.05) is 34.5 Å². The first-order valence-electron chi connectivity index (χ1n) is 12.9. The minimum atomic E-state index is -3.15. The van der Waals surface area contributed by atoms with E-state index in [2.05, 4.69) is 18.9 Å². The molecule has 2 aromatic carbocycles. The summed E-state index contributed by atoms with van der Waals surface area (Å²) in [5, 5.41) is 3.47. The van der Waals surface area contributed by atoms with E-state index in [0.717, 1.165) is 11.1 Å². The minimum absolute atomic E-state index is 0.134. The lowest BCUT2D eigenvalue weighted by Gasteiger charge is -2.34. The molecular formula is C25H43N5O5P5S+. The van der Waals surface area contributed by atoms with Crippen molar-refractivity contribution in [2.24, 2.45) is 21.6 Å². The van der Waals surface area contributed by atoms with Crippen LogP contribution in [0.2, 0.25) is 0 Å². The van der Waals surface area contributed by atoms with Crippen LogP contribution in [-0.2, 0) is 31.6 Å². The Labute approximate surface area is 254 Å². The second kappa shape index (κ2) is 16.4. The zero-order chi connectivity index (χ0) is 30.8. The molecule has 41 heavy (non-hydrogen) atoms. The summed E-state index contributed by atoms with van der Waals surface area (Å²) in [6.07, 6.45) is 3.38. The first kappa shape index (κ1) is 36.5. The van der Waals surface area contributed by atoms with Gasteiger partial charge >= 0.3 is 14.4 Å². The number of hydrazone groups is 1. The molecule has 228 valence electrons. The highest BCUT2D eigenvalue weighted by Crippen LogP contribution is 2.73. The second-order valence-corrected chi connectivity index (χ2v) is 23.4. The van der Waals surface area contributed by atoms with Gasteiger partial charge in [0.15, 0.2) is 11.8 Å². The molecule has 0 aliphatic heterocycles. The van der Waals surface area contributed by atoms with Crippen molar-refractivity contribution in [3.8, 4) is 11.5 Å². The fraction of sp³-hybridized carbons (Fsp3) is 0.480. The van der Waals surface area contributed by atoms with Crippen LogP contribution in [0.1, 0.15) is 51.7 Å². The summed E-state index contributed by atoms with van der Waals surface area (Å²) >= 11 is 6.01. The molecule has 0 heterocycles. The summed E-state index contributed by atoms with van der Waals surface area (Å²) in [7, 11) is -0.353. The zero-order valence-electron chi connectivity index (χ0n) is 24.7. The van der Waals surface area contributed by atoms with Crippen molar-refractivity contribution in [2.45, 2.75) is 57.4 Å². The lowest BCUT2D eigenvalue weighted by atomic mass is 10.2. The maximum Gasteiger partial charge on any atom is 0.358 e. The van der Waals surface area contributed by atoms with Crippen molar-refractivity contribution in [3.63, 3.8) is 0 Å². The molecule has 0 aliphatic carbocycles. The summed E-state index contributed by atoms with van der Waals surface area (Å²) in [6, 6.07) is 15.1. The van der Waals surface area contributed by atoms with Crippen LogP contribution >= 0.6 is 38.1 Å². The Balaban J connectivity index is 2.10. The Morgan fingerprint density at radius 2 is 1.54 bits per heavy atom. The first-order chi connectivity index (χ1) is 19.3. The fourth-order valence-corrected chi connectivity index (χ4v) is 13.4. The molecule has 0 bridgehead atoms. The summed E-state index contributed by atoms with van der Waals surface area (Å²) in [5.41, 5.74) is 19.9. The van der Waals surface area contributed by atoms with E-state index in [4.69, 9.17) is 46.8 Å². The van der Waals surface area contributed by atoms with E-state index in [9.17, 15) is 4.57 Å². The van der Waals surface area contributed by atoms with E-state index >= 15 is 0 Å². The Bertz CT molecular complexity index is 1190. The van der Waals surface area contributed by atoms with Crippen LogP contribution in [0, 0.1) is 0 Å². The van der Waals surface area contributed by atoms with Gasteiger partial charge in [0.05, 0.1) is 27.2 Å². The maximum absolute atomic E-state index is 12.5. The van der Waals surface area contributed by atoms with Gasteiger partial charge in [-0.05, 0) is 69.8 Å². The smallest absolute Gasteiger partial charge is 0.358 e. The monoisotopic (exact) mass is 680 g/mol. The third-order valence-electron chi connectivity index (χ3n) is 6.42. The molecule has 4 atom stereocenters. The van der Waals surface area contributed by atoms with Gasteiger partial charge in [-0.3, -0.25) is 4.57 Å². The van der Waals surface area contributed by atoms with Gasteiger partial charge in [0.1, 0.15) is 16.8 Å². The van der Waals surface area contributed by atoms with E-state index < -0.39 is 40.3 Å². The van der Waals surface area contributed by atoms with Crippen molar-refractivity contribution in [3.05, 3.63) is 59.7 Å². The van der Waals surface area contributed by atoms with Crippen LogP contribution in [-0.4, -0.2) is 42.9 Å². The number of rotatable bonds is 17. The molecular weight excluding hydrogens is 637 g/mol. The van der Waals surface area contributed by atoms with E-state index in [1.807, 2.05) is 74.2 Å². The quantitative estimate of drug-likeness (QED) is 0.0867. The van der Waals surface area contributed by atoms with Crippen molar-refractivity contribution in [1.82, 2.24) is 4.78 Å². The number of nitrogens with two attached hydrogens (primary N) is 3. The molecule has 6 N–H and O–H groups in total. The number of hydrogen-bond acceptors (Lipinski definition) is 10. The van der Waals surface area contributed by atoms with Crippen molar-refractivity contribution in [2.75, 3.05) is 21.3 Å². The highest BCUT2D eigenvalue weighted by molar-refractivity contribution is 8.55. The molecule has 0 aromatic heterocycles. The van der Waals surface area contributed by atoms with Crippen LogP contribution in [0.15, 0.2) is 53.6 Å². The Hall–Kier alpha value is -0.650. The predicted octanol–water partition coefficient (Wildman–Crippen LogP) is 7.60. The summed E-state index contributed by atoms with van der Waals surface area (Å²) in [5.74, 6) is 1.39. The van der Waals surface area contributed by atoms with Crippen LogP contribution in [0.5, 0.6) is 11.5 Å². The molecule has 2 rings (SSSR count). The molecule has 0 aliphatic rings. The zero-order valence-corrected chi connectivity index (χ0v) is 30.1. The Kier molecular flexibility index (Phi) is 14.6. The van der Waals surface area contributed by atoms with Crippen LogP contribution < -0.4 is 26.0 Å². The Morgan fingerprint density at radius 3 is 2.02 bits per heavy atom. The molecule has 0 fully saturated rings. The standard InChI is InChI=1S/C25H43N5O5P5S/c1-8-25(9-2,35-23-16-12-21(13-17-23)19-40(31,32-6)33-7)38(41)30(5)29-18-20-10-14-22(15-11-20)34-24(3,4)37(27)39(28)36-26/h10-18,36H,8-9,19,26-28H2,1-7H3/q+1/b29-18+. The first-order valence-corrected chi connectivity index (χ1v) is 22.3. The van der Waals surface area contributed by atoms with Crippen LogP contribution in [0.25, 0.3) is 0 Å². The SMILES string of the molecule is CCC(CC)(Oc1ccc(CP(=O)(OC)OC)cc1)[P+](=S)N(C)/N=C/c1ccc(OC(C)(C)P(N)P(N)PN)cc1. The van der Waals surface area contributed by atoms with Gasteiger partial charge in [-0.15, -0.1) is 9.88 Å². The van der Waals surface area contributed by atoms with E-state index in [-0.39, 0.29) is 14.6 Å². The van der Waals surface area contributed by atoms with E-state index in [1.54, 1.807) is 6.21 Å².